The van der Waals surface area contributed by atoms with E-state index in [-0.39, 0.29) is 22.6 Å². The van der Waals surface area contributed by atoms with Crippen molar-refractivity contribution in [2.75, 3.05) is 10.6 Å². The zero-order chi connectivity index (χ0) is 29.4. The number of amides is 2. The Kier molecular flexibility index (Phi) is 7.26. The van der Waals surface area contributed by atoms with E-state index in [2.05, 4.69) is 57.2 Å². The van der Waals surface area contributed by atoms with Gasteiger partial charge in [0.2, 0.25) is 5.89 Å². The van der Waals surface area contributed by atoms with Crippen LogP contribution in [0.1, 0.15) is 73.4 Å². The minimum atomic E-state index is -0.254. The number of fused-ring (bicyclic) bond motifs is 1. The molecule has 2 N–H and O–H groups in total. The molecule has 0 unspecified atom stereocenters. The molecule has 0 saturated heterocycles. The summed E-state index contributed by atoms with van der Waals surface area (Å²) in [5, 5.41) is 5.96. The van der Waals surface area contributed by atoms with Crippen LogP contribution in [0.15, 0.2) is 95.4 Å². The van der Waals surface area contributed by atoms with Gasteiger partial charge in [0.1, 0.15) is 5.52 Å². The van der Waals surface area contributed by atoms with Gasteiger partial charge in [-0.05, 0) is 76.6 Å². The van der Waals surface area contributed by atoms with Gasteiger partial charge in [-0.1, -0.05) is 77.9 Å². The van der Waals surface area contributed by atoms with Crippen LogP contribution in [0.3, 0.4) is 0 Å². The number of nitrogens with one attached hydrogen (secondary N) is 2. The van der Waals surface area contributed by atoms with Gasteiger partial charge in [-0.3, -0.25) is 9.59 Å². The van der Waals surface area contributed by atoms with E-state index in [4.69, 9.17) is 4.42 Å². The van der Waals surface area contributed by atoms with Crippen LogP contribution < -0.4 is 10.6 Å². The van der Waals surface area contributed by atoms with E-state index in [9.17, 15) is 9.59 Å². The molecule has 1 aromatic heterocycles. The molecule has 0 aliphatic carbocycles. The molecule has 1 heterocycles. The Morgan fingerprint density at radius 2 is 1.10 bits per heavy atom. The van der Waals surface area contributed by atoms with Crippen molar-refractivity contribution >= 4 is 34.3 Å². The molecule has 0 atom stereocenters. The molecule has 0 bridgehead atoms. The maximum Gasteiger partial charge on any atom is 0.255 e. The lowest BCUT2D eigenvalue weighted by Crippen LogP contribution is -2.16. The summed E-state index contributed by atoms with van der Waals surface area (Å²) < 4.78 is 6.00. The highest BCUT2D eigenvalue weighted by Gasteiger charge is 2.18. The van der Waals surface area contributed by atoms with Gasteiger partial charge in [-0.25, -0.2) is 4.98 Å². The van der Waals surface area contributed by atoms with E-state index >= 15 is 0 Å². The van der Waals surface area contributed by atoms with Crippen molar-refractivity contribution in [3.63, 3.8) is 0 Å². The fourth-order valence-corrected chi connectivity index (χ4v) is 4.54. The van der Waals surface area contributed by atoms with Crippen molar-refractivity contribution in [1.82, 2.24) is 4.98 Å². The Morgan fingerprint density at radius 1 is 0.634 bits per heavy atom. The molecule has 0 saturated carbocycles. The summed E-state index contributed by atoms with van der Waals surface area (Å²) in [4.78, 5) is 31.0. The van der Waals surface area contributed by atoms with Gasteiger partial charge in [0, 0.05) is 28.1 Å². The molecule has 6 heteroatoms. The van der Waals surface area contributed by atoms with Crippen LogP contribution in [0.5, 0.6) is 0 Å². The van der Waals surface area contributed by atoms with Crippen LogP contribution in [-0.2, 0) is 10.8 Å². The minimum absolute atomic E-state index is 0.0108. The fraction of sp³-hybridized carbons (Fsp3) is 0.229. The first-order valence-electron chi connectivity index (χ1n) is 13.7. The third kappa shape index (κ3) is 6.38. The first kappa shape index (κ1) is 27.8. The molecular formula is C35H35N3O3. The maximum atomic E-state index is 13.2. The molecule has 5 rings (SSSR count). The van der Waals surface area contributed by atoms with Gasteiger partial charge in [-0.2, -0.15) is 0 Å². The van der Waals surface area contributed by atoms with Crippen molar-refractivity contribution in [2.45, 2.75) is 52.4 Å². The standard InChI is InChI=1S/C35H35N3O3/c1-34(2,3)25-15-11-22(12-16-25)31(39)36-27-19-24(33-38-29-9-7-8-10-30(29)41-33)20-28(21-27)37-32(40)23-13-17-26(18-14-23)35(4,5)6/h7-21H,1-6H3,(H,36,39)(H,37,40). The first-order valence-corrected chi connectivity index (χ1v) is 13.7. The van der Waals surface area contributed by atoms with Crippen LogP contribution in [0, 0.1) is 0 Å². The Hall–Kier alpha value is -4.71. The third-order valence-electron chi connectivity index (χ3n) is 7.02. The minimum Gasteiger partial charge on any atom is -0.436 e. The summed E-state index contributed by atoms with van der Waals surface area (Å²) in [5.41, 5.74) is 6.36. The summed E-state index contributed by atoms with van der Waals surface area (Å²) in [6.45, 7) is 12.8. The largest absolute Gasteiger partial charge is 0.436 e. The molecule has 4 aromatic carbocycles. The number of oxazole rings is 1. The number of para-hydroxylation sites is 2. The van der Waals surface area contributed by atoms with E-state index < -0.39 is 0 Å². The lowest BCUT2D eigenvalue weighted by molar-refractivity contribution is 0.101. The number of carbonyl (C=O) groups is 2. The van der Waals surface area contributed by atoms with E-state index in [0.29, 0.717) is 39.5 Å². The zero-order valence-corrected chi connectivity index (χ0v) is 24.3. The molecule has 0 fully saturated rings. The Morgan fingerprint density at radius 3 is 1.54 bits per heavy atom. The van der Waals surface area contributed by atoms with Gasteiger partial charge in [0.25, 0.3) is 11.8 Å². The number of anilines is 2. The average molecular weight is 546 g/mol. The highest BCUT2D eigenvalue weighted by atomic mass is 16.3. The topological polar surface area (TPSA) is 84.2 Å². The maximum absolute atomic E-state index is 13.2. The van der Waals surface area contributed by atoms with Crippen LogP contribution in [0.2, 0.25) is 0 Å². The SMILES string of the molecule is CC(C)(C)c1ccc(C(=O)Nc2cc(NC(=O)c3ccc(C(C)(C)C)cc3)cc(-c3nc4ccccc4o3)c2)cc1. The van der Waals surface area contributed by atoms with Gasteiger partial charge in [0.15, 0.2) is 5.58 Å². The van der Waals surface area contributed by atoms with Crippen molar-refractivity contribution in [1.29, 1.82) is 0 Å². The highest BCUT2D eigenvalue weighted by Crippen LogP contribution is 2.31. The molecule has 0 spiro atoms. The molecule has 2 amide bonds. The van der Waals surface area contributed by atoms with E-state index in [1.807, 2.05) is 72.8 Å². The lowest BCUT2D eigenvalue weighted by atomic mass is 9.86. The molecule has 5 aromatic rings. The molecule has 208 valence electrons. The van der Waals surface area contributed by atoms with Gasteiger partial charge < -0.3 is 15.1 Å². The van der Waals surface area contributed by atoms with Crippen LogP contribution in [-0.4, -0.2) is 16.8 Å². The fourth-order valence-electron chi connectivity index (χ4n) is 4.54. The monoisotopic (exact) mass is 545 g/mol. The summed E-state index contributed by atoms with van der Waals surface area (Å²) in [5.74, 6) is -0.118. The van der Waals surface area contributed by atoms with E-state index in [0.717, 1.165) is 16.6 Å². The Bertz CT molecular complexity index is 1600. The summed E-state index contributed by atoms with van der Waals surface area (Å²) in [6.07, 6.45) is 0. The van der Waals surface area contributed by atoms with Crippen molar-refractivity contribution in [3.8, 4) is 11.5 Å². The number of aromatic nitrogens is 1. The number of hydrogen-bond acceptors (Lipinski definition) is 4. The normalized spacial score (nSPS) is 11.9. The molecule has 0 aliphatic rings. The van der Waals surface area contributed by atoms with Crippen molar-refractivity contribution in [3.05, 3.63) is 113 Å². The summed E-state index contributed by atoms with van der Waals surface area (Å²) in [6, 6.07) is 28.0. The second-order valence-corrected chi connectivity index (χ2v) is 12.3. The van der Waals surface area contributed by atoms with E-state index in [1.165, 1.54) is 0 Å². The summed E-state index contributed by atoms with van der Waals surface area (Å²) >= 11 is 0. The second-order valence-electron chi connectivity index (χ2n) is 12.3. The highest BCUT2D eigenvalue weighted by molar-refractivity contribution is 6.07. The van der Waals surface area contributed by atoms with Crippen molar-refractivity contribution < 1.29 is 14.0 Å². The Labute approximate surface area is 240 Å². The lowest BCUT2D eigenvalue weighted by Gasteiger charge is -2.19. The smallest absolute Gasteiger partial charge is 0.255 e. The molecular weight excluding hydrogens is 510 g/mol. The van der Waals surface area contributed by atoms with Gasteiger partial charge >= 0.3 is 0 Å². The predicted octanol–water partition coefficient (Wildman–Crippen LogP) is 8.59. The third-order valence-corrected chi connectivity index (χ3v) is 7.02. The number of benzene rings is 4. The molecule has 41 heavy (non-hydrogen) atoms. The second kappa shape index (κ2) is 10.7. The quantitative estimate of drug-likeness (QED) is 0.232. The van der Waals surface area contributed by atoms with Crippen LogP contribution in [0.25, 0.3) is 22.6 Å². The van der Waals surface area contributed by atoms with Gasteiger partial charge in [0.05, 0.1) is 0 Å². The van der Waals surface area contributed by atoms with Crippen LogP contribution >= 0.6 is 0 Å². The Balaban J connectivity index is 1.46. The van der Waals surface area contributed by atoms with Crippen molar-refractivity contribution in [2.24, 2.45) is 0 Å². The molecule has 0 aliphatic heterocycles. The first-order chi connectivity index (χ1) is 19.4. The van der Waals surface area contributed by atoms with E-state index in [1.54, 1.807) is 18.2 Å². The summed E-state index contributed by atoms with van der Waals surface area (Å²) in [7, 11) is 0. The molecule has 0 radical (unpaired) electrons. The van der Waals surface area contributed by atoms with Gasteiger partial charge in [-0.15, -0.1) is 0 Å². The molecule has 6 nitrogen and oxygen atoms in total. The zero-order valence-electron chi connectivity index (χ0n) is 24.3. The van der Waals surface area contributed by atoms with Crippen LogP contribution in [0.4, 0.5) is 11.4 Å². The number of rotatable bonds is 5. The number of nitrogens with zero attached hydrogens (tertiary/aromatic N) is 1. The predicted molar refractivity (Wildman–Crippen MR) is 166 cm³/mol. The number of hydrogen-bond donors (Lipinski definition) is 2. The number of carbonyl (C=O) groups excluding carboxylic acids is 2. The average Bonchev–Trinajstić information content (AvgIpc) is 3.37.